The lowest BCUT2D eigenvalue weighted by molar-refractivity contribution is 0.618. The van der Waals surface area contributed by atoms with E-state index in [0.29, 0.717) is 55.7 Å². The fourth-order valence-electron chi connectivity index (χ4n) is 9.70. The summed E-state index contributed by atoms with van der Waals surface area (Å²) in [5, 5.41) is 1.39. The lowest BCUT2D eigenvalue weighted by atomic mass is 9.88. The van der Waals surface area contributed by atoms with Gasteiger partial charge in [0.25, 0.3) is 0 Å². The topological polar surface area (TPSA) is 51.8 Å². The molecule has 4 nitrogen and oxygen atoms in total. The molecule has 0 radical (unpaired) electrons. The molecule has 0 atom stereocenters. The summed E-state index contributed by atoms with van der Waals surface area (Å²) < 4.78 is 138. The average molecular weight is 878 g/mol. The molecule has 4 aromatic heterocycles. The largest absolute Gasteiger partial charge is 0.455 e. The Balaban J connectivity index is 1.04. The number of pyridine rings is 3. The number of halogens is 1. The highest BCUT2D eigenvalue weighted by molar-refractivity contribution is 6.09. The molecule has 0 bridgehead atoms. The van der Waals surface area contributed by atoms with Crippen LogP contribution in [0.2, 0.25) is 0 Å². The van der Waals surface area contributed by atoms with Gasteiger partial charge in [-0.1, -0.05) is 123 Å². The van der Waals surface area contributed by atoms with E-state index in [1.807, 2.05) is 78.9 Å². The van der Waals surface area contributed by atoms with Crippen LogP contribution >= 0.6 is 0 Å². The number of benzene rings is 5. The third kappa shape index (κ3) is 9.09. The van der Waals surface area contributed by atoms with Gasteiger partial charge < -0.3 is 4.42 Å². The van der Waals surface area contributed by atoms with E-state index in [-0.39, 0.29) is 28.5 Å². The van der Waals surface area contributed by atoms with E-state index in [2.05, 4.69) is 15.0 Å². The van der Waals surface area contributed by atoms with Gasteiger partial charge in [0.05, 0.1) is 17.1 Å². The molecule has 66 heavy (non-hydrogen) atoms. The molecule has 0 saturated heterocycles. The molecule has 2 saturated carbocycles. The molecule has 5 heteroatoms. The second-order valence-electron chi connectivity index (χ2n) is 17.4. The van der Waals surface area contributed by atoms with Gasteiger partial charge in [0.15, 0.2) is 0 Å². The first kappa shape index (κ1) is 30.5. The zero-order valence-electron chi connectivity index (χ0n) is 48.5. The van der Waals surface area contributed by atoms with Gasteiger partial charge >= 0.3 is 0 Å². The van der Waals surface area contributed by atoms with Crippen LogP contribution in [0.15, 0.2) is 163 Å². The van der Waals surface area contributed by atoms with Crippen molar-refractivity contribution in [3.05, 3.63) is 208 Å². The van der Waals surface area contributed by atoms with Gasteiger partial charge in [-0.05, 0) is 157 Å². The number of nitrogens with zero attached hydrogens (tertiary/aromatic N) is 3. The number of hydrogen-bond donors (Lipinski definition) is 0. The second-order valence-corrected chi connectivity index (χ2v) is 17.4. The molecule has 4 heterocycles. The van der Waals surface area contributed by atoms with E-state index in [9.17, 15) is 20.8 Å². The van der Waals surface area contributed by atoms with Gasteiger partial charge in [0.1, 0.15) is 17.0 Å². The van der Waals surface area contributed by atoms with E-state index >= 15 is 0 Å². The van der Waals surface area contributed by atoms with Crippen molar-refractivity contribution in [1.82, 2.24) is 15.0 Å². The van der Waals surface area contributed by atoms with Crippen LogP contribution in [0.1, 0.15) is 124 Å². The zero-order valence-corrected chi connectivity index (χ0v) is 36.5. The van der Waals surface area contributed by atoms with Crippen molar-refractivity contribution in [2.45, 2.75) is 101 Å². The summed E-state index contributed by atoms with van der Waals surface area (Å²) in [6, 6.07) is 38.1. The fourth-order valence-corrected chi connectivity index (χ4v) is 9.70. The van der Waals surface area contributed by atoms with E-state index in [4.69, 9.17) is 4.42 Å². The number of para-hydroxylation sites is 1. The number of aromatic nitrogens is 3. The molecule has 5 aromatic carbocycles. The maximum atomic E-state index is 14.2. The molecule has 0 aliphatic heterocycles. The van der Waals surface area contributed by atoms with Crippen LogP contribution in [-0.4, -0.2) is 15.0 Å². The first-order valence-corrected chi connectivity index (χ1v) is 23.0. The van der Waals surface area contributed by atoms with Crippen LogP contribution in [-0.2, 0) is 38.2 Å². The molecule has 2 aliphatic carbocycles. The Bertz CT molecular complexity index is 3540. The minimum absolute atomic E-state index is 0.0230. The highest BCUT2D eigenvalue weighted by atomic mass is 19.1. The monoisotopic (exact) mass is 878 g/mol. The highest BCUT2D eigenvalue weighted by Crippen LogP contribution is 2.40. The summed E-state index contributed by atoms with van der Waals surface area (Å²) in [5.41, 5.74) is 3.67. The van der Waals surface area contributed by atoms with Crippen LogP contribution in [0.5, 0.6) is 0 Å². The molecule has 0 unspecified atom stereocenters. The van der Waals surface area contributed by atoms with Gasteiger partial charge in [-0.2, -0.15) is 0 Å². The third-order valence-corrected chi connectivity index (χ3v) is 13.1. The summed E-state index contributed by atoms with van der Waals surface area (Å²) in [4.78, 5) is 13.9. The molecule has 9 aromatic rings. The van der Waals surface area contributed by atoms with Gasteiger partial charge in [0.2, 0.25) is 0 Å². The van der Waals surface area contributed by atoms with Crippen LogP contribution in [0.4, 0.5) is 4.39 Å². The van der Waals surface area contributed by atoms with Gasteiger partial charge in [-0.25, -0.2) is 4.39 Å². The predicted octanol–water partition coefficient (Wildman–Crippen LogP) is 15.6. The fraction of sp³-hybridized carbons (Fsp3) is 0.262. The summed E-state index contributed by atoms with van der Waals surface area (Å²) in [6.45, 7) is 0. The number of furan rings is 1. The molecule has 2 fully saturated rings. The Morgan fingerprint density at radius 3 is 1.55 bits per heavy atom. The Kier molecular flexibility index (Phi) is 8.78. The molecule has 2 aliphatic rings. The SMILES string of the molecule is [2H]C([2H])(c1ccc(-c2cccc3c2oc2cc(F)ccc23)nc1)C([2H])([2H])c1cc(C([2H])([2H])C([2H])([2H])c2cnc(-c3ccccc3)cc2C2CCCC2)cc(C([2H])([2H])C([2H])([2H])c2cnc(-c3ccccc3)cc2C2CCCC2)c1. The van der Waals surface area contributed by atoms with E-state index in [1.54, 1.807) is 18.2 Å². The molecular weight excluding hydrogens is 810 g/mol. The summed E-state index contributed by atoms with van der Waals surface area (Å²) in [6.07, 6.45) is -7.66. The lowest BCUT2D eigenvalue weighted by Gasteiger charge is -2.18. The Labute approximate surface area is 404 Å². The van der Waals surface area contributed by atoms with Gasteiger partial charge in [-0.15, -0.1) is 0 Å². The standard InChI is InChI=1S/C61H56FN3O/c62-51-29-30-52-53-20-11-21-54(61(53)66-60(52)35-51)57-31-26-41(38-63-57)22-23-42-32-43(24-27-49-39-64-58(47-16-3-1-4-17-47)36-55(49)45-12-7-8-13-45)34-44(33-42)25-28-50-40-65-59(48-18-5-2-6-19-48)37-56(50)46-14-9-10-15-46/h1-6,11,16-21,26,29-40,45-46H,7-10,12-15,22-25,27-28H2/i22D2,23D2,24D2,25D2,27D2,28D2. The molecule has 0 N–H and O–H groups in total. The maximum Gasteiger partial charge on any atom is 0.144 e. The van der Waals surface area contributed by atoms with E-state index < -0.39 is 60.7 Å². The van der Waals surface area contributed by atoms with Crippen molar-refractivity contribution >= 4 is 21.9 Å². The second kappa shape index (κ2) is 19.0. The molecule has 0 spiro atoms. The van der Waals surface area contributed by atoms with Crippen molar-refractivity contribution in [3.8, 4) is 33.8 Å². The van der Waals surface area contributed by atoms with Crippen molar-refractivity contribution in [1.29, 1.82) is 0 Å². The normalized spacial score (nSPS) is 18.5. The lowest BCUT2D eigenvalue weighted by Crippen LogP contribution is -2.05. The maximum absolute atomic E-state index is 14.2. The predicted molar refractivity (Wildman–Crippen MR) is 267 cm³/mol. The average Bonchev–Trinajstić information content (AvgIpc) is 4.26. The molecule has 328 valence electrons. The smallest absolute Gasteiger partial charge is 0.144 e. The van der Waals surface area contributed by atoms with Crippen molar-refractivity contribution in [2.24, 2.45) is 0 Å². The molecule has 0 amide bonds. The van der Waals surface area contributed by atoms with Crippen LogP contribution in [0, 0.1) is 5.82 Å². The first-order chi connectivity index (χ1) is 37.1. The van der Waals surface area contributed by atoms with Crippen molar-refractivity contribution < 1.29 is 25.3 Å². The minimum Gasteiger partial charge on any atom is -0.455 e. The van der Waals surface area contributed by atoms with Crippen LogP contribution in [0.3, 0.4) is 0 Å². The quantitative estimate of drug-likeness (QED) is 0.109. The minimum atomic E-state index is -3.13. The van der Waals surface area contributed by atoms with E-state index in [0.717, 1.165) is 80.7 Å². The Morgan fingerprint density at radius 1 is 0.470 bits per heavy atom. The highest BCUT2D eigenvalue weighted by Gasteiger charge is 2.23. The zero-order chi connectivity index (χ0) is 55.0. The van der Waals surface area contributed by atoms with Crippen molar-refractivity contribution in [2.75, 3.05) is 0 Å². The Morgan fingerprint density at radius 2 is 1.00 bits per heavy atom. The summed E-state index contributed by atoms with van der Waals surface area (Å²) >= 11 is 0. The first-order valence-electron chi connectivity index (χ1n) is 29.0. The van der Waals surface area contributed by atoms with Crippen molar-refractivity contribution in [3.63, 3.8) is 0 Å². The Hall–Kier alpha value is -6.72. The number of aryl methyl sites for hydroxylation is 6. The van der Waals surface area contributed by atoms with Crippen LogP contribution in [0.25, 0.3) is 55.7 Å². The van der Waals surface area contributed by atoms with Gasteiger partial charge in [0, 0.05) is 68.6 Å². The van der Waals surface area contributed by atoms with Crippen LogP contribution < -0.4 is 0 Å². The summed E-state index contributed by atoms with van der Waals surface area (Å²) in [5.74, 6) is -0.704. The summed E-state index contributed by atoms with van der Waals surface area (Å²) in [7, 11) is 0. The number of hydrogen-bond acceptors (Lipinski definition) is 4. The molecular formula is C61H56FN3O. The van der Waals surface area contributed by atoms with E-state index in [1.165, 1.54) is 42.9 Å². The number of rotatable bonds is 14. The third-order valence-electron chi connectivity index (χ3n) is 13.1. The number of fused-ring (bicyclic) bond motifs is 3. The van der Waals surface area contributed by atoms with Gasteiger partial charge in [-0.3, -0.25) is 15.0 Å². The molecule has 11 rings (SSSR count).